The number of rotatable bonds is 3. The van der Waals surface area contributed by atoms with E-state index in [1.807, 2.05) is 30.1 Å². The van der Waals surface area contributed by atoms with Gasteiger partial charge in [-0.1, -0.05) is 0 Å². The van der Waals surface area contributed by atoms with Crippen molar-refractivity contribution in [1.29, 1.82) is 0 Å². The number of nitrogens with one attached hydrogen (secondary N) is 1. The summed E-state index contributed by atoms with van der Waals surface area (Å²) >= 11 is 0. The Hall–Kier alpha value is -1.55. The molecule has 1 aliphatic carbocycles. The highest BCUT2D eigenvalue weighted by Gasteiger charge is 2.25. The molecule has 2 heterocycles. The van der Waals surface area contributed by atoms with E-state index >= 15 is 0 Å². The van der Waals surface area contributed by atoms with Gasteiger partial charge in [0.15, 0.2) is 0 Å². The van der Waals surface area contributed by atoms with Gasteiger partial charge in [0, 0.05) is 24.3 Å². The molecular weight excluding hydrogens is 226 g/mol. The van der Waals surface area contributed by atoms with Crippen LogP contribution in [0.2, 0.25) is 0 Å². The van der Waals surface area contributed by atoms with Crippen LogP contribution in [0.3, 0.4) is 0 Å². The van der Waals surface area contributed by atoms with Crippen LogP contribution in [-0.4, -0.2) is 9.78 Å². The molecule has 1 N–H and O–H groups in total. The molecule has 2 aromatic rings. The van der Waals surface area contributed by atoms with Crippen LogP contribution in [0.5, 0.6) is 0 Å². The van der Waals surface area contributed by atoms with Crippen molar-refractivity contribution in [3.63, 3.8) is 0 Å². The van der Waals surface area contributed by atoms with Crippen molar-refractivity contribution in [2.24, 2.45) is 7.05 Å². The lowest BCUT2D eigenvalue weighted by molar-refractivity contribution is 0.365. The van der Waals surface area contributed by atoms with E-state index in [0.717, 1.165) is 12.2 Å². The smallest absolute Gasteiger partial charge is 0.120 e. The molecule has 0 amide bonds. The average Bonchev–Trinajstić information content (AvgIpc) is 3.00. The summed E-state index contributed by atoms with van der Waals surface area (Å²) in [4.78, 5) is 0. The Morgan fingerprint density at radius 2 is 2.44 bits per heavy atom. The van der Waals surface area contributed by atoms with E-state index < -0.39 is 0 Å². The summed E-state index contributed by atoms with van der Waals surface area (Å²) in [5, 5.41) is 8.02. The topological polar surface area (TPSA) is 43.0 Å². The zero-order chi connectivity index (χ0) is 12.5. The number of furan rings is 1. The molecule has 0 radical (unpaired) electrons. The Bertz CT molecular complexity index is 515. The highest BCUT2D eigenvalue weighted by Crippen LogP contribution is 2.31. The van der Waals surface area contributed by atoms with Gasteiger partial charge in [-0.3, -0.25) is 4.68 Å². The number of hydrogen-bond donors (Lipinski definition) is 1. The fraction of sp³-hybridized carbons (Fsp3) is 0.500. The van der Waals surface area contributed by atoms with E-state index in [4.69, 9.17) is 4.42 Å². The monoisotopic (exact) mass is 245 g/mol. The molecule has 2 atom stereocenters. The van der Waals surface area contributed by atoms with Crippen LogP contribution in [0, 0.1) is 0 Å². The molecule has 2 aromatic heterocycles. The largest absolute Gasteiger partial charge is 0.468 e. The lowest BCUT2D eigenvalue weighted by atomic mass is 9.92. The molecule has 96 valence electrons. The Balaban J connectivity index is 1.78. The third-order valence-electron chi connectivity index (χ3n) is 3.80. The molecule has 1 aliphatic rings. The second-order valence-corrected chi connectivity index (χ2v) is 5.02. The first-order valence-corrected chi connectivity index (χ1v) is 6.56. The summed E-state index contributed by atoms with van der Waals surface area (Å²) < 4.78 is 7.45. The predicted molar refractivity (Wildman–Crippen MR) is 69.1 cm³/mol. The first kappa shape index (κ1) is 11.5. The van der Waals surface area contributed by atoms with Gasteiger partial charge in [-0.15, -0.1) is 0 Å². The number of aromatic nitrogens is 2. The van der Waals surface area contributed by atoms with Gasteiger partial charge in [-0.2, -0.15) is 5.10 Å². The highest BCUT2D eigenvalue weighted by molar-refractivity contribution is 5.25. The second kappa shape index (κ2) is 4.61. The molecule has 0 aliphatic heterocycles. The lowest BCUT2D eigenvalue weighted by Gasteiger charge is -2.26. The Labute approximate surface area is 107 Å². The zero-order valence-corrected chi connectivity index (χ0v) is 10.9. The van der Waals surface area contributed by atoms with Crippen LogP contribution in [0.4, 0.5) is 0 Å². The molecule has 0 aromatic carbocycles. The fourth-order valence-electron chi connectivity index (χ4n) is 2.80. The van der Waals surface area contributed by atoms with Crippen LogP contribution in [0.15, 0.2) is 29.0 Å². The highest BCUT2D eigenvalue weighted by atomic mass is 16.3. The van der Waals surface area contributed by atoms with Crippen molar-refractivity contribution in [3.05, 3.63) is 41.6 Å². The second-order valence-electron chi connectivity index (χ2n) is 5.02. The summed E-state index contributed by atoms with van der Waals surface area (Å²) in [7, 11) is 2.02. The summed E-state index contributed by atoms with van der Waals surface area (Å²) in [6.45, 7) is 2.14. The normalized spacial score (nSPS) is 20.7. The van der Waals surface area contributed by atoms with Crippen molar-refractivity contribution in [1.82, 2.24) is 15.1 Å². The molecule has 0 saturated carbocycles. The molecular formula is C14H19N3O. The van der Waals surface area contributed by atoms with Crippen molar-refractivity contribution in [3.8, 4) is 0 Å². The van der Waals surface area contributed by atoms with E-state index in [1.54, 1.807) is 6.26 Å². The van der Waals surface area contributed by atoms with E-state index in [1.165, 1.54) is 24.1 Å². The van der Waals surface area contributed by atoms with Gasteiger partial charge in [0.2, 0.25) is 0 Å². The van der Waals surface area contributed by atoms with Gasteiger partial charge in [0.05, 0.1) is 18.5 Å². The van der Waals surface area contributed by atoms with E-state index in [2.05, 4.69) is 17.3 Å². The van der Waals surface area contributed by atoms with Crippen LogP contribution in [0.25, 0.3) is 0 Å². The summed E-state index contributed by atoms with van der Waals surface area (Å²) in [5.41, 5.74) is 2.72. The van der Waals surface area contributed by atoms with Crippen molar-refractivity contribution in [2.45, 2.75) is 38.3 Å². The minimum absolute atomic E-state index is 0.233. The molecule has 0 saturated heterocycles. The van der Waals surface area contributed by atoms with Gasteiger partial charge < -0.3 is 9.73 Å². The van der Waals surface area contributed by atoms with Crippen LogP contribution < -0.4 is 5.32 Å². The van der Waals surface area contributed by atoms with Crippen LogP contribution in [-0.2, 0) is 13.5 Å². The summed E-state index contributed by atoms with van der Waals surface area (Å²) in [5.74, 6) is 0.992. The molecule has 18 heavy (non-hydrogen) atoms. The molecule has 0 bridgehead atoms. The SMILES string of the molecule is CC(NC1CCCc2c1cnn2C)c1ccco1. The maximum absolute atomic E-state index is 5.45. The Morgan fingerprint density at radius 1 is 1.56 bits per heavy atom. The van der Waals surface area contributed by atoms with Gasteiger partial charge in [0.25, 0.3) is 0 Å². The molecule has 0 spiro atoms. The van der Waals surface area contributed by atoms with E-state index in [9.17, 15) is 0 Å². The fourth-order valence-corrected chi connectivity index (χ4v) is 2.80. The quantitative estimate of drug-likeness (QED) is 0.904. The first-order chi connectivity index (χ1) is 8.75. The predicted octanol–water partition coefficient (Wildman–Crippen LogP) is 2.74. The number of nitrogens with zero attached hydrogens (tertiary/aromatic N) is 2. The van der Waals surface area contributed by atoms with Gasteiger partial charge in [-0.25, -0.2) is 0 Å². The molecule has 4 nitrogen and oxygen atoms in total. The van der Waals surface area contributed by atoms with Crippen molar-refractivity contribution in [2.75, 3.05) is 0 Å². The molecule has 4 heteroatoms. The standard InChI is InChI=1S/C14H19N3O/c1-10(14-7-4-8-18-14)16-12-5-3-6-13-11(12)9-15-17(13)2/h4,7-10,12,16H,3,5-6H2,1-2H3. The van der Waals surface area contributed by atoms with E-state index in [-0.39, 0.29) is 6.04 Å². The van der Waals surface area contributed by atoms with Crippen LogP contribution in [0.1, 0.15) is 48.9 Å². The minimum atomic E-state index is 0.233. The molecule has 3 rings (SSSR count). The number of aryl methyl sites for hydroxylation is 1. The van der Waals surface area contributed by atoms with Crippen LogP contribution >= 0.6 is 0 Å². The van der Waals surface area contributed by atoms with Gasteiger partial charge in [-0.05, 0) is 38.3 Å². The summed E-state index contributed by atoms with van der Waals surface area (Å²) in [6, 6.07) is 4.58. The van der Waals surface area contributed by atoms with Crippen molar-refractivity contribution >= 4 is 0 Å². The number of fused-ring (bicyclic) bond motifs is 1. The van der Waals surface area contributed by atoms with Gasteiger partial charge >= 0.3 is 0 Å². The zero-order valence-electron chi connectivity index (χ0n) is 10.9. The maximum atomic E-state index is 5.45. The van der Waals surface area contributed by atoms with Crippen molar-refractivity contribution < 1.29 is 4.42 Å². The van der Waals surface area contributed by atoms with Gasteiger partial charge in [0.1, 0.15) is 5.76 Å². The minimum Gasteiger partial charge on any atom is -0.468 e. The molecule has 0 fully saturated rings. The number of hydrogen-bond acceptors (Lipinski definition) is 3. The lowest BCUT2D eigenvalue weighted by Crippen LogP contribution is -2.27. The Kier molecular flexibility index (Phi) is 2.96. The molecule has 2 unspecified atom stereocenters. The Morgan fingerprint density at radius 3 is 3.22 bits per heavy atom. The third-order valence-corrected chi connectivity index (χ3v) is 3.80. The van der Waals surface area contributed by atoms with E-state index in [0.29, 0.717) is 6.04 Å². The first-order valence-electron chi connectivity index (χ1n) is 6.56. The maximum Gasteiger partial charge on any atom is 0.120 e. The average molecular weight is 245 g/mol. The third kappa shape index (κ3) is 1.97. The summed E-state index contributed by atoms with van der Waals surface area (Å²) in [6.07, 6.45) is 7.25.